The molecular weight excluding hydrogens is 322 g/mol. The van der Waals surface area contributed by atoms with Gasteiger partial charge in [0.15, 0.2) is 5.96 Å². The highest BCUT2D eigenvalue weighted by molar-refractivity contribution is 7.86. The second-order valence-corrected chi connectivity index (χ2v) is 8.97. The minimum absolute atomic E-state index is 0.177. The largest absolute Gasteiger partial charge is 0.496 e. The molecule has 0 radical (unpaired) electrons. The summed E-state index contributed by atoms with van der Waals surface area (Å²) in [6.07, 6.45) is 0.880. The molecule has 1 aromatic carbocycles. The van der Waals surface area contributed by atoms with E-state index in [-0.39, 0.29) is 4.75 Å². The van der Waals surface area contributed by atoms with Crippen LogP contribution in [-0.4, -0.2) is 47.9 Å². The molecule has 0 saturated heterocycles. The third kappa shape index (κ3) is 6.91. The second-order valence-electron chi connectivity index (χ2n) is 6.64. The monoisotopic (exact) mass is 353 g/mol. The summed E-state index contributed by atoms with van der Waals surface area (Å²) in [5, 5.41) is 6.49. The van der Waals surface area contributed by atoms with Crippen LogP contribution >= 0.6 is 0 Å². The minimum atomic E-state index is -0.856. The summed E-state index contributed by atoms with van der Waals surface area (Å²) < 4.78 is 17.2. The van der Waals surface area contributed by atoms with E-state index >= 15 is 0 Å². The third-order valence-corrected chi connectivity index (χ3v) is 5.61. The van der Waals surface area contributed by atoms with Gasteiger partial charge in [-0.3, -0.25) is 9.20 Å². The van der Waals surface area contributed by atoms with Gasteiger partial charge in [0.25, 0.3) is 0 Å². The lowest BCUT2D eigenvalue weighted by Gasteiger charge is -2.18. The van der Waals surface area contributed by atoms with Gasteiger partial charge in [-0.15, -0.1) is 0 Å². The van der Waals surface area contributed by atoms with Crippen LogP contribution in [0.5, 0.6) is 5.75 Å². The molecule has 0 aliphatic rings. The molecule has 0 bridgehead atoms. The number of hydrogen-bond donors (Lipinski definition) is 2. The zero-order valence-electron chi connectivity index (χ0n) is 15.7. The van der Waals surface area contributed by atoms with Gasteiger partial charge in [0.2, 0.25) is 0 Å². The van der Waals surface area contributed by atoms with Crippen molar-refractivity contribution in [3.05, 3.63) is 29.3 Å². The summed E-state index contributed by atoms with van der Waals surface area (Å²) >= 11 is 0. The molecule has 0 saturated carbocycles. The van der Waals surface area contributed by atoms with Crippen LogP contribution in [-0.2, 0) is 17.2 Å². The Morgan fingerprint density at radius 1 is 1.25 bits per heavy atom. The van der Waals surface area contributed by atoms with Crippen molar-refractivity contribution in [3.8, 4) is 5.75 Å². The van der Waals surface area contributed by atoms with E-state index in [2.05, 4.69) is 33.8 Å². The molecular formula is C18H31N3O2S. The number of ether oxygens (including phenoxy) is 1. The number of benzene rings is 1. The molecule has 24 heavy (non-hydrogen) atoms. The van der Waals surface area contributed by atoms with Gasteiger partial charge >= 0.3 is 0 Å². The van der Waals surface area contributed by atoms with E-state index in [1.807, 2.05) is 27.7 Å². The van der Waals surface area contributed by atoms with Crippen molar-refractivity contribution in [2.75, 3.05) is 33.0 Å². The Kier molecular flexibility index (Phi) is 8.25. The van der Waals surface area contributed by atoms with Crippen molar-refractivity contribution in [3.63, 3.8) is 0 Å². The first-order chi connectivity index (χ1) is 11.3. The highest BCUT2D eigenvalue weighted by atomic mass is 32.2. The molecule has 0 aromatic heterocycles. The van der Waals surface area contributed by atoms with E-state index in [0.29, 0.717) is 12.3 Å². The molecule has 0 spiro atoms. The van der Waals surface area contributed by atoms with Gasteiger partial charge in [-0.2, -0.15) is 0 Å². The molecule has 5 nitrogen and oxygen atoms in total. The number of nitrogens with one attached hydrogen (secondary N) is 2. The lowest BCUT2D eigenvalue weighted by atomic mass is 10.1. The van der Waals surface area contributed by atoms with E-state index in [1.54, 1.807) is 14.2 Å². The number of hydrogen-bond acceptors (Lipinski definition) is 3. The number of rotatable bonds is 7. The second kappa shape index (κ2) is 9.67. The highest BCUT2D eigenvalue weighted by Crippen LogP contribution is 2.18. The van der Waals surface area contributed by atoms with E-state index in [0.717, 1.165) is 30.2 Å². The molecule has 0 aliphatic carbocycles. The van der Waals surface area contributed by atoms with Crippen molar-refractivity contribution in [2.24, 2.45) is 4.99 Å². The molecule has 136 valence electrons. The van der Waals surface area contributed by atoms with Crippen LogP contribution in [0.4, 0.5) is 0 Å². The Hall–Kier alpha value is -1.56. The lowest BCUT2D eigenvalue weighted by molar-refractivity contribution is 0.411. The molecule has 1 atom stereocenters. The fourth-order valence-electron chi connectivity index (χ4n) is 2.13. The van der Waals surface area contributed by atoms with Crippen LogP contribution in [0.25, 0.3) is 0 Å². The highest BCUT2D eigenvalue weighted by Gasteiger charge is 2.18. The topological polar surface area (TPSA) is 62.7 Å². The smallest absolute Gasteiger partial charge is 0.191 e. The quantitative estimate of drug-likeness (QED) is 0.583. The first kappa shape index (κ1) is 20.5. The van der Waals surface area contributed by atoms with Gasteiger partial charge < -0.3 is 15.4 Å². The number of methoxy groups -OCH3 is 1. The zero-order chi connectivity index (χ0) is 18.2. The van der Waals surface area contributed by atoms with Gasteiger partial charge in [0, 0.05) is 41.4 Å². The van der Waals surface area contributed by atoms with Crippen molar-refractivity contribution < 1.29 is 8.95 Å². The number of nitrogens with zero attached hydrogens (tertiary/aromatic N) is 1. The van der Waals surface area contributed by atoms with Crippen LogP contribution in [0.2, 0.25) is 0 Å². The van der Waals surface area contributed by atoms with Crippen LogP contribution < -0.4 is 15.4 Å². The van der Waals surface area contributed by atoms with Gasteiger partial charge in [0.1, 0.15) is 5.75 Å². The molecule has 1 rings (SSSR count). The number of aryl methyl sites for hydroxylation is 1. The predicted molar refractivity (Wildman–Crippen MR) is 104 cm³/mol. The zero-order valence-corrected chi connectivity index (χ0v) is 16.5. The van der Waals surface area contributed by atoms with Crippen molar-refractivity contribution in [2.45, 2.75) is 38.9 Å². The van der Waals surface area contributed by atoms with E-state index in [4.69, 9.17) is 4.74 Å². The average molecular weight is 354 g/mol. The summed E-state index contributed by atoms with van der Waals surface area (Å²) in [5.41, 5.74) is 2.35. The van der Waals surface area contributed by atoms with Gasteiger partial charge in [-0.25, -0.2) is 0 Å². The Labute approximate surface area is 148 Å². The molecule has 1 aromatic rings. The van der Waals surface area contributed by atoms with Gasteiger partial charge in [0.05, 0.1) is 7.11 Å². The summed E-state index contributed by atoms with van der Waals surface area (Å²) in [4.78, 5) is 4.20. The summed E-state index contributed by atoms with van der Waals surface area (Å²) in [7, 11) is 2.58. The van der Waals surface area contributed by atoms with Gasteiger partial charge in [-0.05, 0) is 51.3 Å². The van der Waals surface area contributed by atoms with E-state index in [9.17, 15) is 4.21 Å². The van der Waals surface area contributed by atoms with Crippen LogP contribution in [0, 0.1) is 6.92 Å². The van der Waals surface area contributed by atoms with Crippen LogP contribution in [0.1, 0.15) is 31.9 Å². The van der Waals surface area contributed by atoms with E-state index < -0.39 is 10.8 Å². The minimum Gasteiger partial charge on any atom is -0.496 e. The van der Waals surface area contributed by atoms with Crippen LogP contribution in [0.3, 0.4) is 0 Å². The molecule has 6 heteroatoms. The maximum atomic E-state index is 12.0. The normalized spacial score (nSPS) is 13.5. The SMILES string of the molecule is CN=C(NCCc1ccc(C)c(OC)c1)NCCS(=O)C(C)(C)C. The molecule has 0 fully saturated rings. The fourth-order valence-corrected chi connectivity index (χ4v) is 3.03. The number of aliphatic imine (C=N–C) groups is 1. The van der Waals surface area contributed by atoms with E-state index in [1.165, 1.54) is 5.56 Å². The first-order valence-electron chi connectivity index (χ1n) is 8.24. The van der Waals surface area contributed by atoms with Crippen LogP contribution in [0.15, 0.2) is 23.2 Å². The number of guanidine groups is 1. The predicted octanol–water partition coefficient (Wildman–Crippen LogP) is 2.26. The van der Waals surface area contributed by atoms with Crippen molar-refractivity contribution >= 4 is 16.8 Å². The molecule has 0 amide bonds. The molecule has 0 aliphatic heterocycles. The van der Waals surface area contributed by atoms with Crippen molar-refractivity contribution in [1.29, 1.82) is 0 Å². The Bertz CT molecular complexity index is 580. The average Bonchev–Trinajstić information content (AvgIpc) is 2.53. The lowest BCUT2D eigenvalue weighted by Crippen LogP contribution is -2.41. The molecule has 1 unspecified atom stereocenters. The first-order valence-corrected chi connectivity index (χ1v) is 9.56. The Morgan fingerprint density at radius 2 is 1.92 bits per heavy atom. The summed E-state index contributed by atoms with van der Waals surface area (Å²) in [6.45, 7) is 9.43. The third-order valence-electron chi connectivity index (χ3n) is 3.67. The molecule has 0 heterocycles. The maximum Gasteiger partial charge on any atom is 0.191 e. The summed E-state index contributed by atoms with van der Waals surface area (Å²) in [6, 6.07) is 6.25. The van der Waals surface area contributed by atoms with Gasteiger partial charge in [-0.1, -0.05) is 12.1 Å². The summed E-state index contributed by atoms with van der Waals surface area (Å²) in [5.74, 6) is 2.26. The fraction of sp³-hybridized carbons (Fsp3) is 0.611. The standard InChI is InChI=1S/C18H31N3O2S/c1-14-7-8-15(13-16(14)23-6)9-10-20-17(19-5)21-11-12-24(22)18(2,3)4/h7-8,13H,9-12H2,1-6H3,(H2,19,20,21). The Balaban J connectivity index is 2.38. The molecule has 2 N–H and O–H groups in total. The Morgan fingerprint density at radius 3 is 2.50 bits per heavy atom. The van der Waals surface area contributed by atoms with Crippen molar-refractivity contribution in [1.82, 2.24) is 10.6 Å². The maximum absolute atomic E-state index is 12.0.